The van der Waals surface area contributed by atoms with Gasteiger partial charge in [-0.3, -0.25) is 0 Å². The Labute approximate surface area is 96.1 Å². The van der Waals surface area contributed by atoms with Gasteiger partial charge in [-0.15, -0.1) is 0 Å². The Balaban J connectivity index is 2.07. The molecule has 1 N–H and O–H groups in total. The van der Waals surface area contributed by atoms with Crippen LogP contribution in [0.5, 0.6) is 0 Å². The first-order chi connectivity index (χ1) is 7.16. The highest BCUT2D eigenvalue weighted by atomic mass is 35.5. The van der Waals surface area contributed by atoms with Crippen LogP contribution in [-0.2, 0) is 0 Å². The highest BCUT2D eigenvalue weighted by molar-refractivity contribution is 6.30. The second-order valence-electron chi connectivity index (χ2n) is 4.49. The first-order valence-electron chi connectivity index (χ1n) is 5.55. The number of halogens is 1. The minimum atomic E-state index is 0.597. The number of anilines is 1. The lowest BCUT2D eigenvalue weighted by molar-refractivity contribution is 0.556. The summed E-state index contributed by atoms with van der Waals surface area (Å²) in [4.78, 5) is 4.15. The molecule has 0 radical (unpaired) electrons. The minimum absolute atomic E-state index is 0.597. The average Bonchev–Trinajstić information content (AvgIpc) is 2.59. The summed E-state index contributed by atoms with van der Waals surface area (Å²) in [6.07, 6.45) is 5.75. The molecule has 1 aromatic rings. The maximum atomic E-state index is 5.89. The third-order valence-corrected chi connectivity index (χ3v) is 3.62. The Morgan fingerprint density at radius 2 is 2.27 bits per heavy atom. The first kappa shape index (κ1) is 10.7. The molecule has 2 rings (SSSR count). The summed E-state index contributed by atoms with van der Waals surface area (Å²) in [6, 6.07) is 2.67. The van der Waals surface area contributed by atoms with Crippen molar-refractivity contribution in [3.63, 3.8) is 0 Å². The van der Waals surface area contributed by atoms with Crippen LogP contribution < -0.4 is 5.32 Å². The molecule has 15 heavy (non-hydrogen) atoms. The summed E-state index contributed by atoms with van der Waals surface area (Å²) >= 11 is 5.89. The Kier molecular flexibility index (Phi) is 3.15. The molecular formula is C12H17ClN2. The molecule has 1 aliphatic rings. The number of aryl methyl sites for hydroxylation is 1. The van der Waals surface area contributed by atoms with Crippen molar-refractivity contribution in [2.75, 3.05) is 5.32 Å². The SMILES string of the molecule is Cc1cc(NC2CCCC2C)cnc1Cl. The number of hydrogen-bond donors (Lipinski definition) is 1. The van der Waals surface area contributed by atoms with Gasteiger partial charge in [-0.1, -0.05) is 24.9 Å². The third-order valence-electron chi connectivity index (χ3n) is 3.23. The molecule has 3 heteroatoms. The zero-order chi connectivity index (χ0) is 10.8. The van der Waals surface area contributed by atoms with Gasteiger partial charge in [-0.2, -0.15) is 0 Å². The molecule has 1 saturated carbocycles. The van der Waals surface area contributed by atoms with E-state index in [0.29, 0.717) is 11.2 Å². The number of rotatable bonds is 2. The lowest BCUT2D eigenvalue weighted by atomic mass is 10.1. The molecule has 2 nitrogen and oxygen atoms in total. The van der Waals surface area contributed by atoms with Gasteiger partial charge in [0.15, 0.2) is 0 Å². The summed E-state index contributed by atoms with van der Waals surface area (Å²) in [5.74, 6) is 0.765. The van der Waals surface area contributed by atoms with Gasteiger partial charge in [-0.05, 0) is 37.3 Å². The number of nitrogens with zero attached hydrogens (tertiary/aromatic N) is 1. The van der Waals surface area contributed by atoms with Gasteiger partial charge in [0.05, 0.1) is 11.9 Å². The number of hydrogen-bond acceptors (Lipinski definition) is 2. The summed E-state index contributed by atoms with van der Waals surface area (Å²) in [6.45, 7) is 4.29. The van der Waals surface area contributed by atoms with Crippen molar-refractivity contribution in [2.45, 2.75) is 39.2 Å². The second-order valence-corrected chi connectivity index (χ2v) is 4.85. The van der Waals surface area contributed by atoms with E-state index >= 15 is 0 Å². The van der Waals surface area contributed by atoms with E-state index in [4.69, 9.17) is 11.6 Å². The van der Waals surface area contributed by atoms with Crippen LogP contribution in [-0.4, -0.2) is 11.0 Å². The zero-order valence-electron chi connectivity index (χ0n) is 9.26. The summed E-state index contributed by atoms with van der Waals surface area (Å²) in [5.41, 5.74) is 2.13. The topological polar surface area (TPSA) is 24.9 Å². The molecule has 2 atom stereocenters. The molecule has 82 valence electrons. The molecule has 0 saturated heterocycles. The van der Waals surface area contributed by atoms with E-state index in [2.05, 4.69) is 23.3 Å². The van der Waals surface area contributed by atoms with E-state index in [0.717, 1.165) is 17.2 Å². The van der Waals surface area contributed by atoms with Gasteiger partial charge in [-0.25, -0.2) is 4.98 Å². The highest BCUT2D eigenvalue weighted by Crippen LogP contribution is 2.28. The van der Waals surface area contributed by atoms with Crippen LogP contribution >= 0.6 is 11.6 Å². The fraction of sp³-hybridized carbons (Fsp3) is 0.583. The summed E-state index contributed by atoms with van der Waals surface area (Å²) < 4.78 is 0. The van der Waals surface area contributed by atoms with Crippen molar-refractivity contribution in [1.29, 1.82) is 0 Å². The first-order valence-corrected chi connectivity index (χ1v) is 5.93. The van der Waals surface area contributed by atoms with E-state index in [1.807, 2.05) is 13.1 Å². The third kappa shape index (κ3) is 2.43. The van der Waals surface area contributed by atoms with E-state index < -0.39 is 0 Å². The largest absolute Gasteiger partial charge is 0.381 e. The van der Waals surface area contributed by atoms with Crippen LogP contribution in [0, 0.1) is 12.8 Å². The summed E-state index contributed by atoms with van der Waals surface area (Å²) in [7, 11) is 0. The molecule has 1 aromatic heterocycles. The zero-order valence-corrected chi connectivity index (χ0v) is 10.0. The van der Waals surface area contributed by atoms with Gasteiger partial charge in [0.1, 0.15) is 5.15 Å². The standard InChI is InChI=1S/C12H17ClN2/c1-8-4-3-5-11(8)15-10-6-9(2)12(13)14-7-10/h6-8,11,15H,3-5H2,1-2H3. The minimum Gasteiger partial charge on any atom is -0.381 e. The number of aromatic nitrogens is 1. The molecule has 0 bridgehead atoms. The van der Waals surface area contributed by atoms with Crippen LogP contribution in [0.2, 0.25) is 5.15 Å². The van der Waals surface area contributed by atoms with Gasteiger partial charge in [0, 0.05) is 6.04 Å². The van der Waals surface area contributed by atoms with Gasteiger partial charge in [0.25, 0.3) is 0 Å². The average molecular weight is 225 g/mol. The van der Waals surface area contributed by atoms with Crippen molar-refractivity contribution < 1.29 is 0 Å². The van der Waals surface area contributed by atoms with Crippen LogP contribution in [0.3, 0.4) is 0 Å². The monoisotopic (exact) mass is 224 g/mol. The predicted octanol–water partition coefficient (Wildman–Crippen LogP) is 3.64. The van der Waals surface area contributed by atoms with Gasteiger partial charge < -0.3 is 5.32 Å². The Bertz CT molecular complexity index is 351. The molecular weight excluding hydrogens is 208 g/mol. The molecule has 1 heterocycles. The Hall–Kier alpha value is -0.760. The predicted molar refractivity (Wildman–Crippen MR) is 64.4 cm³/mol. The van der Waals surface area contributed by atoms with Crippen molar-refractivity contribution in [2.24, 2.45) is 5.92 Å². The molecule has 0 aliphatic heterocycles. The number of pyridine rings is 1. The normalized spacial score (nSPS) is 25.5. The van der Waals surface area contributed by atoms with Crippen LogP contribution in [0.25, 0.3) is 0 Å². The molecule has 2 unspecified atom stereocenters. The van der Waals surface area contributed by atoms with Crippen molar-refractivity contribution in [1.82, 2.24) is 4.98 Å². The Morgan fingerprint density at radius 3 is 2.87 bits per heavy atom. The second kappa shape index (κ2) is 4.40. The maximum absolute atomic E-state index is 5.89. The van der Waals surface area contributed by atoms with E-state index in [1.54, 1.807) is 0 Å². The van der Waals surface area contributed by atoms with Crippen molar-refractivity contribution >= 4 is 17.3 Å². The lowest BCUT2D eigenvalue weighted by Crippen LogP contribution is -2.21. The van der Waals surface area contributed by atoms with E-state index in [-0.39, 0.29) is 0 Å². The smallest absolute Gasteiger partial charge is 0.132 e. The Morgan fingerprint density at radius 1 is 1.47 bits per heavy atom. The molecule has 1 aliphatic carbocycles. The molecule has 0 spiro atoms. The van der Waals surface area contributed by atoms with Gasteiger partial charge >= 0.3 is 0 Å². The van der Waals surface area contributed by atoms with Gasteiger partial charge in [0.2, 0.25) is 0 Å². The number of nitrogens with one attached hydrogen (secondary N) is 1. The van der Waals surface area contributed by atoms with Crippen LogP contribution in [0.1, 0.15) is 31.7 Å². The molecule has 0 amide bonds. The molecule has 1 fully saturated rings. The van der Waals surface area contributed by atoms with E-state index in [1.165, 1.54) is 19.3 Å². The van der Waals surface area contributed by atoms with Crippen molar-refractivity contribution in [3.05, 3.63) is 23.0 Å². The summed E-state index contributed by atoms with van der Waals surface area (Å²) in [5, 5.41) is 4.13. The van der Waals surface area contributed by atoms with Crippen LogP contribution in [0.15, 0.2) is 12.3 Å². The van der Waals surface area contributed by atoms with E-state index in [9.17, 15) is 0 Å². The van der Waals surface area contributed by atoms with Crippen molar-refractivity contribution in [3.8, 4) is 0 Å². The maximum Gasteiger partial charge on any atom is 0.132 e. The highest BCUT2D eigenvalue weighted by Gasteiger charge is 2.22. The quantitative estimate of drug-likeness (QED) is 0.776. The lowest BCUT2D eigenvalue weighted by Gasteiger charge is -2.18. The van der Waals surface area contributed by atoms with Crippen LogP contribution in [0.4, 0.5) is 5.69 Å². The molecule has 0 aromatic carbocycles. The fourth-order valence-electron chi connectivity index (χ4n) is 2.21. The fourth-order valence-corrected chi connectivity index (χ4v) is 2.31.